The molecule has 1 aromatic rings. The lowest BCUT2D eigenvalue weighted by molar-refractivity contribution is -0.118. The number of hydrogen-bond donors (Lipinski definition) is 2. The number of rotatable bonds is 4. The second kappa shape index (κ2) is 4.61. The molecular formula is C14H18N2O2. The summed E-state index contributed by atoms with van der Waals surface area (Å²) in [5.74, 6) is 1.55. The smallest absolute Gasteiger partial charge is 0.262 e. The first kappa shape index (κ1) is 11.5. The average molecular weight is 246 g/mol. The van der Waals surface area contributed by atoms with E-state index in [9.17, 15) is 4.79 Å². The van der Waals surface area contributed by atoms with Gasteiger partial charge in [-0.05, 0) is 37.1 Å². The zero-order chi connectivity index (χ0) is 12.5. The van der Waals surface area contributed by atoms with Crippen molar-refractivity contribution in [2.75, 3.05) is 19.0 Å². The summed E-state index contributed by atoms with van der Waals surface area (Å²) >= 11 is 0. The molecule has 1 aliphatic carbocycles. The molecule has 18 heavy (non-hydrogen) atoms. The van der Waals surface area contributed by atoms with Crippen LogP contribution < -0.4 is 15.4 Å². The van der Waals surface area contributed by atoms with E-state index < -0.39 is 0 Å². The molecule has 1 aliphatic heterocycles. The number of anilines is 1. The summed E-state index contributed by atoms with van der Waals surface area (Å²) in [5.41, 5.74) is 2.01. The van der Waals surface area contributed by atoms with Crippen molar-refractivity contribution < 1.29 is 9.53 Å². The lowest BCUT2D eigenvalue weighted by Gasteiger charge is -2.22. The molecule has 1 amide bonds. The van der Waals surface area contributed by atoms with Gasteiger partial charge < -0.3 is 15.4 Å². The van der Waals surface area contributed by atoms with Gasteiger partial charge in [-0.15, -0.1) is 0 Å². The normalized spacial score (nSPS) is 19.7. The van der Waals surface area contributed by atoms with Crippen molar-refractivity contribution >= 4 is 11.6 Å². The number of fused-ring (bicyclic) bond motifs is 1. The van der Waals surface area contributed by atoms with Crippen molar-refractivity contribution in [1.82, 2.24) is 5.32 Å². The van der Waals surface area contributed by atoms with Crippen LogP contribution in [0, 0.1) is 5.92 Å². The van der Waals surface area contributed by atoms with Crippen molar-refractivity contribution in [1.29, 1.82) is 0 Å². The molecule has 2 N–H and O–H groups in total. The molecule has 3 rings (SSSR count). The van der Waals surface area contributed by atoms with E-state index >= 15 is 0 Å². The van der Waals surface area contributed by atoms with Crippen LogP contribution in [0.3, 0.4) is 0 Å². The molecule has 2 aliphatic rings. The van der Waals surface area contributed by atoms with Crippen molar-refractivity contribution in [2.24, 2.45) is 5.92 Å². The molecule has 1 unspecified atom stereocenters. The molecule has 0 bridgehead atoms. The Morgan fingerprint density at radius 3 is 3.06 bits per heavy atom. The van der Waals surface area contributed by atoms with Crippen molar-refractivity contribution in [3.05, 3.63) is 23.8 Å². The molecular weight excluding hydrogens is 228 g/mol. The van der Waals surface area contributed by atoms with Crippen LogP contribution in [0.1, 0.15) is 30.9 Å². The van der Waals surface area contributed by atoms with E-state index in [2.05, 4.69) is 16.7 Å². The van der Waals surface area contributed by atoms with E-state index in [1.54, 1.807) is 0 Å². The fourth-order valence-electron chi connectivity index (χ4n) is 2.42. The Morgan fingerprint density at radius 2 is 2.33 bits per heavy atom. The maximum atomic E-state index is 11.3. The average Bonchev–Trinajstić information content (AvgIpc) is 3.19. The Labute approximate surface area is 107 Å². The van der Waals surface area contributed by atoms with Gasteiger partial charge in [0.2, 0.25) is 0 Å². The Bertz CT molecular complexity index is 469. The third-order valence-electron chi connectivity index (χ3n) is 3.65. The van der Waals surface area contributed by atoms with E-state index in [-0.39, 0.29) is 12.5 Å². The van der Waals surface area contributed by atoms with Gasteiger partial charge in [0.05, 0.1) is 5.69 Å². The van der Waals surface area contributed by atoms with E-state index in [0.717, 1.165) is 17.4 Å². The molecule has 96 valence electrons. The second-order valence-electron chi connectivity index (χ2n) is 5.11. The summed E-state index contributed by atoms with van der Waals surface area (Å²) in [6, 6.07) is 6.42. The first-order valence-electron chi connectivity index (χ1n) is 6.50. The summed E-state index contributed by atoms with van der Waals surface area (Å²) in [4.78, 5) is 11.3. The van der Waals surface area contributed by atoms with Crippen molar-refractivity contribution in [3.63, 3.8) is 0 Å². The Kier molecular flexibility index (Phi) is 2.96. The van der Waals surface area contributed by atoms with Crippen LogP contribution in [0.4, 0.5) is 5.69 Å². The van der Waals surface area contributed by atoms with E-state index in [1.165, 1.54) is 24.8 Å². The molecule has 0 spiro atoms. The molecule has 1 fully saturated rings. The molecule has 0 aromatic heterocycles. The third kappa shape index (κ3) is 2.34. The fourth-order valence-corrected chi connectivity index (χ4v) is 2.42. The van der Waals surface area contributed by atoms with Crippen LogP contribution in [0.5, 0.6) is 5.75 Å². The molecule has 1 atom stereocenters. The van der Waals surface area contributed by atoms with Gasteiger partial charge >= 0.3 is 0 Å². The zero-order valence-electron chi connectivity index (χ0n) is 10.5. The maximum absolute atomic E-state index is 11.3. The summed E-state index contributed by atoms with van der Waals surface area (Å²) in [6.07, 6.45) is 3.87. The first-order chi connectivity index (χ1) is 8.76. The van der Waals surface area contributed by atoms with Crippen molar-refractivity contribution in [3.8, 4) is 5.75 Å². The Hall–Kier alpha value is -1.55. The topological polar surface area (TPSA) is 50.4 Å². The number of amides is 1. The summed E-state index contributed by atoms with van der Waals surface area (Å²) < 4.78 is 5.37. The highest BCUT2D eigenvalue weighted by molar-refractivity contribution is 5.95. The van der Waals surface area contributed by atoms with Crippen LogP contribution in [-0.2, 0) is 4.79 Å². The SMILES string of the molecule is CNC(CC1CC1)c1ccc2c(c1)NC(=O)CO2. The maximum Gasteiger partial charge on any atom is 0.262 e. The van der Waals surface area contributed by atoms with Crippen LogP contribution in [0.15, 0.2) is 18.2 Å². The first-order valence-corrected chi connectivity index (χ1v) is 6.50. The molecule has 1 aromatic carbocycles. The van der Waals surface area contributed by atoms with E-state index in [1.807, 2.05) is 19.2 Å². The zero-order valence-corrected chi connectivity index (χ0v) is 10.5. The fraction of sp³-hybridized carbons (Fsp3) is 0.500. The lowest BCUT2D eigenvalue weighted by Crippen LogP contribution is -2.26. The summed E-state index contributed by atoms with van der Waals surface area (Å²) in [5, 5.41) is 6.21. The van der Waals surface area contributed by atoms with E-state index in [4.69, 9.17) is 4.74 Å². The van der Waals surface area contributed by atoms with Crippen LogP contribution >= 0.6 is 0 Å². The molecule has 0 saturated heterocycles. The Morgan fingerprint density at radius 1 is 1.50 bits per heavy atom. The number of hydrogen-bond acceptors (Lipinski definition) is 3. The number of carbonyl (C=O) groups is 1. The van der Waals surface area contributed by atoms with Gasteiger partial charge in [-0.3, -0.25) is 4.79 Å². The lowest BCUT2D eigenvalue weighted by atomic mass is 10.00. The van der Waals surface area contributed by atoms with Gasteiger partial charge in [-0.2, -0.15) is 0 Å². The minimum atomic E-state index is -0.0807. The van der Waals surface area contributed by atoms with Gasteiger partial charge in [-0.25, -0.2) is 0 Å². The molecule has 4 heteroatoms. The molecule has 1 heterocycles. The third-order valence-corrected chi connectivity index (χ3v) is 3.65. The molecule has 4 nitrogen and oxygen atoms in total. The molecule has 0 radical (unpaired) electrons. The Balaban J connectivity index is 1.82. The van der Waals surface area contributed by atoms with Gasteiger partial charge in [0.15, 0.2) is 6.61 Å². The highest BCUT2D eigenvalue weighted by atomic mass is 16.5. The summed E-state index contributed by atoms with van der Waals surface area (Å²) in [6.45, 7) is 0.115. The van der Waals surface area contributed by atoms with Gasteiger partial charge in [0.1, 0.15) is 5.75 Å². The monoisotopic (exact) mass is 246 g/mol. The standard InChI is InChI=1S/C14H18N2O2/c1-15-11(6-9-2-3-9)10-4-5-13-12(7-10)16-14(17)8-18-13/h4-5,7,9,11,15H,2-3,6,8H2,1H3,(H,16,17). The van der Waals surface area contributed by atoms with Gasteiger partial charge in [-0.1, -0.05) is 18.9 Å². The highest BCUT2D eigenvalue weighted by Gasteiger charge is 2.26. The second-order valence-corrected chi connectivity index (χ2v) is 5.11. The number of nitrogens with one attached hydrogen (secondary N) is 2. The van der Waals surface area contributed by atoms with Crippen LogP contribution in [0.25, 0.3) is 0 Å². The predicted molar refractivity (Wildman–Crippen MR) is 69.7 cm³/mol. The minimum Gasteiger partial charge on any atom is -0.482 e. The summed E-state index contributed by atoms with van der Waals surface area (Å²) in [7, 11) is 1.99. The number of carbonyl (C=O) groups excluding carboxylic acids is 1. The quantitative estimate of drug-likeness (QED) is 0.855. The number of benzene rings is 1. The van der Waals surface area contributed by atoms with Gasteiger partial charge in [0.25, 0.3) is 5.91 Å². The van der Waals surface area contributed by atoms with Gasteiger partial charge in [0, 0.05) is 6.04 Å². The number of ether oxygens (including phenoxy) is 1. The molecule has 1 saturated carbocycles. The minimum absolute atomic E-state index is 0.0807. The van der Waals surface area contributed by atoms with Crippen molar-refractivity contribution in [2.45, 2.75) is 25.3 Å². The highest BCUT2D eigenvalue weighted by Crippen LogP contribution is 2.39. The largest absolute Gasteiger partial charge is 0.482 e. The predicted octanol–water partition coefficient (Wildman–Crippen LogP) is 2.08. The van der Waals surface area contributed by atoms with Crippen LogP contribution in [-0.4, -0.2) is 19.6 Å². The van der Waals surface area contributed by atoms with E-state index in [0.29, 0.717) is 6.04 Å². The van der Waals surface area contributed by atoms with Crippen LogP contribution in [0.2, 0.25) is 0 Å².